The van der Waals surface area contributed by atoms with Crippen molar-refractivity contribution in [1.82, 2.24) is 0 Å². The Labute approximate surface area is 94.5 Å². The van der Waals surface area contributed by atoms with E-state index in [0.29, 0.717) is 5.41 Å². The molecule has 2 aliphatic carbocycles. The van der Waals surface area contributed by atoms with Crippen molar-refractivity contribution in [3.8, 4) is 0 Å². The minimum atomic E-state index is 0.537. The molecule has 0 fully saturated rings. The Morgan fingerprint density at radius 3 is 2.73 bits per heavy atom. The average molecular weight is 204 g/mol. The van der Waals surface area contributed by atoms with Gasteiger partial charge in [-0.3, -0.25) is 0 Å². The maximum Gasteiger partial charge on any atom is -0.0151 e. The molecule has 2 rings (SSSR count). The molecule has 0 radical (unpaired) electrons. The molecule has 0 heteroatoms. The van der Waals surface area contributed by atoms with Crippen molar-refractivity contribution in [2.24, 2.45) is 17.3 Å². The molecule has 0 aromatic rings. The van der Waals surface area contributed by atoms with E-state index in [2.05, 4.69) is 38.2 Å². The molecule has 84 valence electrons. The van der Waals surface area contributed by atoms with E-state index in [1.165, 1.54) is 38.5 Å². The molecule has 0 aromatic heterocycles. The Bertz CT molecular complexity index is 261. The van der Waals surface area contributed by atoms with Crippen LogP contribution in [-0.4, -0.2) is 0 Å². The van der Waals surface area contributed by atoms with Crippen LogP contribution in [0, 0.1) is 17.3 Å². The van der Waals surface area contributed by atoms with E-state index in [9.17, 15) is 0 Å². The van der Waals surface area contributed by atoms with Gasteiger partial charge >= 0.3 is 0 Å². The minimum absolute atomic E-state index is 0.537. The van der Waals surface area contributed by atoms with E-state index in [4.69, 9.17) is 0 Å². The van der Waals surface area contributed by atoms with Gasteiger partial charge in [0.05, 0.1) is 0 Å². The van der Waals surface area contributed by atoms with Gasteiger partial charge in [-0.05, 0) is 55.8 Å². The quantitative estimate of drug-likeness (QED) is 0.542. The smallest absolute Gasteiger partial charge is 0.0151 e. The van der Waals surface area contributed by atoms with Crippen LogP contribution in [-0.2, 0) is 0 Å². The van der Waals surface area contributed by atoms with Crippen LogP contribution in [0.1, 0.15) is 52.4 Å². The minimum Gasteiger partial charge on any atom is -0.0885 e. The first-order valence-corrected chi connectivity index (χ1v) is 6.54. The van der Waals surface area contributed by atoms with Gasteiger partial charge in [-0.2, -0.15) is 0 Å². The summed E-state index contributed by atoms with van der Waals surface area (Å²) in [5, 5.41) is 0. The highest BCUT2D eigenvalue weighted by Crippen LogP contribution is 2.45. The monoisotopic (exact) mass is 204 g/mol. The van der Waals surface area contributed by atoms with Gasteiger partial charge in [-0.25, -0.2) is 0 Å². The lowest BCUT2D eigenvalue weighted by atomic mass is 9.65. The lowest BCUT2D eigenvalue weighted by Crippen LogP contribution is -2.31. The number of hydrogen-bond donors (Lipinski definition) is 0. The number of hydrogen-bond acceptors (Lipinski definition) is 0. The van der Waals surface area contributed by atoms with Crippen molar-refractivity contribution in [3.63, 3.8) is 0 Å². The van der Waals surface area contributed by atoms with Crippen LogP contribution in [0.15, 0.2) is 24.3 Å². The first kappa shape index (κ1) is 11.0. The lowest BCUT2D eigenvalue weighted by molar-refractivity contribution is 0.149. The van der Waals surface area contributed by atoms with Crippen LogP contribution in [0.3, 0.4) is 0 Å². The lowest BCUT2D eigenvalue weighted by Gasteiger charge is -2.40. The maximum absolute atomic E-state index is 2.52. The second-order valence-corrected chi connectivity index (χ2v) is 5.73. The molecule has 3 atom stereocenters. The topological polar surface area (TPSA) is 0 Å². The van der Waals surface area contributed by atoms with Gasteiger partial charge < -0.3 is 0 Å². The van der Waals surface area contributed by atoms with Crippen molar-refractivity contribution in [2.45, 2.75) is 52.4 Å². The fraction of sp³-hybridized carbons (Fsp3) is 0.733. The zero-order chi connectivity index (χ0) is 10.7. The summed E-state index contributed by atoms with van der Waals surface area (Å²) in [6, 6.07) is 0. The summed E-state index contributed by atoms with van der Waals surface area (Å²) in [6.07, 6.45) is 17.8. The Morgan fingerprint density at radius 1 is 1.13 bits per heavy atom. The second-order valence-electron chi connectivity index (χ2n) is 5.73. The molecule has 0 nitrogen and oxygen atoms in total. The summed E-state index contributed by atoms with van der Waals surface area (Å²) in [5.41, 5.74) is 0.537. The van der Waals surface area contributed by atoms with E-state index in [1.807, 2.05) is 0 Å². The highest BCUT2D eigenvalue weighted by Gasteiger charge is 2.35. The Kier molecular flexibility index (Phi) is 3.33. The van der Waals surface area contributed by atoms with E-state index in [0.717, 1.165) is 11.8 Å². The summed E-state index contributed by atoms with van der Waals surface area (Å²) in [5.74, 6) is 1.69. The van der Waals surface area contributed by atoms with Crippen molar-refractivity contribution >= 4 is 0 Å². The zero-order valence-electron chi connectivity index (χ0n) is 10.2. The molecule has 0 bridgehead atoms. The van der Waals surface area contributed by atoms with E-state index in [-0.39, 0.29) is 0 Å². The number of allylic oxidation sites excluding steroid dienone is 4. The van der Waals surface area contributed by atoms with Crippen LogP contribution in [0.25, 0.3) is 0 Å². The average Bonchev–Trinajstić information content (AvgIpc) is 2.44. The van der Waals surface area contributed by atoms with Gasteiger partial charge in [0.25, 0.3) is 0 Å². The van der Waals surface area contributed by atoms with Crippen molar-refractivity contribution in [2.75, 3.05) is 0 Å². The molecule has 15 heavy (non-hydrogen) atoms. The highest BCUT2D eigenvalue weighted by molar-refractivity contribution is 5.06. The molecule has 0 spiro atoms. The van der Waals surface area contributed by atoms with Crippen LogP contribution < -0.4 is 0 Å². The third-order valence-corrected chi connectivity index (χ3v) is 4.42. The summed E-state index contributed by atoms with van der Waals surface area (Å²) >= 11 is 0. The van der Waals surface area contributed by atoms with Crippen LogP contribution in [0.5, 0.6) is 0 Å². The molecule has 3 unspecified atom stereocenters. The van der Waals surface area contributed by atoms with Crippen LogP contribution in [0.2, 0.25) is 0 Å². The fourth-order valence-corrected chi connectivity index (χ4v) is 3.38. The SMILES string of the molecule is CC1CCCC=CC1C1(C)CC=CCC1. The number of rotatable bonds is 1. The maximum atomic E-state index is 2.52. The Balaban J connectivity index is 2.15. The Hall–Kier alpha value is -0.520. The van der Waals surface area contributed by atoms with Crippen molar-refractivity contribution in [3.05, 3.63) is 24.3 Å². The second kappa shape index (κ2) is 4.55. The van der Waals surface area contributed by atoms with Gasteiger partial charge in [-0.15, -0.1) is 0 Å². The molecule has 2 aliphatic rings. The molecule has 0 saturated heterocycles. The summed E-state index contributed by atoms with van der Waals surface area (Å²) < 4.78 is 0. The van der Waals surface area contributed by atoms with Gasteiger partial charge in [-0.1, -0.05) is 38.2 Å². The summed E-state index contributed by atoms with van der Waals surface area (Å²) in [7, 11) is 0. The standard InChI is InChI=1S/C15H24/c1-13-9-5-3-6-10-14(13)15(2)11-7-4-8-12-15/h4,6-7,10,13-14H,3,5,8-9,11-12H2,1-2H3. The fourth-order valence-electron chi connectivity index (χ4n) is 3.38. The van der Waals surface area contributed by atoms with Gasteiger partial charge in [0.15, 0.2) is 0 Å². The molecular weight excluding hydrogens is 180 g/mol. The van der Waals surface area contributed by atoms with E-state index < -0.39 is 0 Å². The molecule has 0 N–H and O–H groups in total. The Morgan fingerprint density at radius 2 is 2.00 bits per heavy atom. The third-order valence-electron chi connectivity index (χ3n) is 4.42. The molecule has 0 aromatic carbocycles. The van der Waals surface area contributed by atoms with Crippen LogP contribution in [0.4, 0.5) is 0 Å². The molecule has 0 heterocycles. The molecule has 0 aliphatic heterocycles. The van der Waals surface area contributed by atoms with Crippen molar-refractivity contribution in [1.29, 1.82) is 0 Å². The van der Waals surface area contributed by atoms with E-state index in [1.54, 1.807) is 0 Å². The molecule has 0 saturated carbocycles. The normalized spacial score (nSPS) is 41.5. The van der Waals surface area contributed by atoms with Gasteiger partial charge in [0.2, 0.25) is 0 Å². The van der Waals surface area contributed by atoms with Crippen molar-refractivity contribution < 1.29 is 0 Å². The third kappa shape index (κ3) is 2.35. The predicted octanol–water partition coefficient (Wildman–Crippen LogP) is 4.73. The summed E-state index contributed by atoms with van der Waals surface area (Å²) in [4.78, 5) is 0. The molecular formula is C15H24. The first-order valence-electron chi connectivity index (χ1n) is 6.54. The predicted molar refractivity (Wildman–Crippen MR) is 66.7 cm³/mol. The summed E-state index contributed by atoms with van der Waals surface area (Å²) in [6.45, 7) is 4.94. The van der Waals surface area contributed by atoms with Crippen LogP contribution >= 0.6 is 0 Å². The first-order chi connectivity index (χ1) is 7.22. The van der Waals surface area contributed by atoms with Gasteiger partial charge in [0, 0.05) is 0 Å². The highest BCUT2D eigenvalue weighted by atomic mass is 14.4. The van der Waals surface area contributed by atoms with E-state index >= 15 is 0 Å². The van der Waals surface area contributed by atoms with Gasteiger partial charge in [0.1, 0.15) is 0 Å². The molecule has 0 amide bonds. The largest absolute Gasteiger partial charge is 0.0885 e. The zero-order valence-corrected chi connectivity index (χ0v) is 10.2.